The molecule has 0 aliphatic heterocycles. The molecule has 0 unspecified atom stereocenters. The van der Waals surface area contributed by atoms with Crippen molar-refractivity contribution in [2.24, 2.45) is 5.92 Å². The quantitative estimate of drug-likeness (QED) is 0.446. The normalized spacial score (nSPS) is 13.4. The van der Waals surface area contributed by atoms with Crippen LogP contribution in [-0.2, 0) is 17.1 Å². The van der Waals surface area contributed by atoms with E-state index >= 15 is 0 Å². The van der Waals surface area contributed by atoms with Crippen LogP contribution in [0.15, 0.2) is 54.6 Å². The Morgan fingerprint density at radius 2 is 1.50 bits per heavy atom. The first kappa shape index (κ1) is 11.3. The zero-order valence-electron chi connectivity index (χ0n) is 7.13. The molecular weight excluding hydrogens is 188 g/mol. The Bertz CT molecular complexity index is 190. The molecule has 0 spiro atoms. The van der Waals surface area contributed by atoms with Crippen LogP contribution in [0.3, 0.4) is 0 Å². The summed E-state index contributed by atoms with van der Waals surface area (Å²) in [6.07, 6.45) is 8.48. The second-order valence-corrected chi connectivity index (χ2v) is 2.59. The molecule has 12 heavy (non-hydrogen) atoms. The maximum Gasteiger partial charge on any atom is 2.00 e. The van der Waals surface area contributed by atoms with Gasteiger partial charge in [0.2, 0.25) is 0 Å². The predicted octanol–water partition coefficient (Wildman–Crippen LogP) is 3.15. The molecule has 0 N–H and O–H groups in total. The maximum atomic E-state index is 2.17. The van der Waals surface area contributed by atoms with E-state index in [1.165, 1.54) is 0 Å². The molecule has 64 valence electrons. The average Bonchev–Trinajstić information content (AvgIpc) is 2.57. The standard InChI is InChI=1S/C6H8.C5H5.Fe/c1-6-4-2-3-5-6;1-2-4-5-3-1;/h2-6H,1H3;1-5H;/q;-1;+2. The van der Waals surface area contributed by atoms with Gasteiger partial charge in [-0.15, -0.1) is 0 Å². The van der Waals surface area contributed by atoms with Crippen molar-refractivity contribution in [1.29, 1.82) is 0 Å². The van der Waals surface area contributed by atoms with Gasteiger partial charge in [-0.1, -0.05) is 31.2 Å². The van der Waals surface area contributed by atoms with Gasteiger partial charge in [-0.25, -0.2) is 12.1 Å². The van der Waals surface area contributed by atoms with Crippen molar-refractivity contribution < 1.29 is 17.1 Å². The Morgan fingerprint density at radius 3 is 1.67 bits per heavy atom. The van der Waals surface area contributed by atoms with Crippen LogP contribution in [0.25, 0.3) is 0 Å². The molecule has 0 fully saturated rings. The van der Waals surface area contributed by atoms with Crippen LogP contribution in [0.5, 0.6) is 0 Å². The van der Waals surface area contributed by atoms with Crippen LogP contribution >= 0.6 is 0 Å². The minimum atomic E-state index is 0. The molecule has 1 aromatic carbocycles. The first-order chi connectivity index (χ1) is 5.39. The molecule has 0 radical (unpaired) electrons. The van der Waals surface area contributed by atoms with Crippen molar-refractivity contribution in [2.45, 2.75) is 6.92 Å². The van der Waals surface area contributed by atoms with Crippen LogP contribution in [-0.4, -0.2) is 0 Å². The fourth-order valence-electron chi connectivity index (χ4n) is 0.864. The second-order valence-electron chi connectivity index (χ2n) is 2.59. The van der Waals surface area contributed by atoms with Crippen molar-refractivity contribution in [3.05, 3.63) is 54.6 Å². The minimum absolute atomic E-state index is 0. The van der Waals surface area contributed by atoms with E-state index in [2.05, 4.69) is 31.2 Å². The molecule has 1 aromatic rings. The minimum Gasteiger partial charge on any atom is -0.214 e. The Kier molecular flexibility index (Phi) is 6.64. The molecule has 0 aromatic heterocycles. The van der Waals surface area contributed by atoms with E-state index in [-0.39, 0.29) is 17.1 Å². The second kappa shape index (κ2) is 7.02. The van der Waals surface area contributed by atoms with E-state index in [0.29, 0.717) is 5.92 Å². The molecule has 1 aliphatic rings. The summed E-state index contributed by atoms with van der Waals surface area (Å²) in [7, 11) is 0. The number of hydrogen-bond donors (Lipinski definition) is 0. The monoisotopic (exact) mass is 201 g/mol. The maximum absolute atomic E-state index is 2.17. The summed E-state index contributed by atoms with van der Waals surface area (Å²) in [6.45, 7) is 2.17. The van der Waals surface area contributed by atoms with Gasteiger partial charge < -0.3 is 0 Å². The number of rotatable bonds is 0. The molecule has 0 atom stereocenters. The van der Waals surface area contributed by atoms with Gasteiger partial charge in [-0.05, 0) is 5.92 Å². The topological polar surface area (TPSA) is 0 Å². The van der Waals surface area contributed by atoms with Crippen LogP contribution in [0, 0.1) is 5.92 Å². The van der Waals surface area contributed by atoms with E-state index in [1.54, 1.807) is 0 Å². The molecule has 1 heteroatoms. The van der Waals surface area contributed by atoms with Gasteiger partial charge in [0.05, 0.1) is 0 Å². The number of hydrogen-bond acceptors (Lipinski definition) is 0. The third kappa shape index (κ3) is 5.06. The summed E-state index contributed by atoms with van der Waals surface area (Å²) in [6, 6.07) is 10.0. The van der Waals surface area contributed by atoms with E-state index in [4.69, 9.17) is 0 Å². The van der Waals surface area contributed by atoms with Gasteiger partial charge in [0.25, 0.3) is 0 Å². The first-order valence-electron chi connectivity index (χ1n) is 3.91. The predicted molar refractivity (Wildman–Crippen MR) is 49.5 cm³/mol. The smallest absolute Gasteiger partial charge is 0.214 e. The van der Waals surface area contributed by atoms with Crippen molar-refractivity contribution in [2.75, 3.05) is 0 Å². The fourth-order valence-corrected chi connectivity index (χ4v) is 0.864. The van der Waals surface area contributed by atoms with Gasteiger partial charge >= 0.3 is 17.1 Å². The first-order valence-corrected chi connectivity index (χ1v) is 3.91. The molecule has 0 bridgehead atoms. The van der Waals surface area contributed by atoms with Crippen LogP contribution in [0.1, 0.15) is 6.92 Å². The summed E-state index contributed by atoms with van der Waals surface area (Å²) < 4.78 is 0. The summed E-state index contributed by atoms with van der Waals surface area (Å²) in [5.41, 5.74) is 0. The Hall–Kier alpha value is -0.651. The van der Waals surface area contributed by atoms with Crippen molar-refractivity contribution in [3.63, 3.8) is 0 Å². The van der Waals surface area contributed by atoms with Crippen LogP contribution in [0.4, 0.5) is 0 Å². The van der Waals surface area contributed by atoms with E-state index in [0.717, 1.165) is 0 Å². The largest absolute Gasteiger partial charge is 2.00 e. The Balaban J connectivity index is 0.000000189. The molecule has 0 saturated carbocycles. The van der Waals surface area contributed by atoms with Crippen molar-refractivity contribution in [3.8, 4) is 0 Å². The van der Waals surface area contributed by atoms with Gasteiger partial charge in [0.15, 0.2) is 0 Å². The molecule has 0 nitrogen and oxygen atoms in total. The number of allylic oxidation sites excluding steroid dienone is 4. The molecule has 1 aliphatic carbocycles. The fraction of sp³-hybridized carbons (Fsp3) is 0.182. The van der Waals surface area contributed by atoms with Crippen LogP contribution in [0.2, 0.25) is 0 Å². The van der Waals surface area contributed by atoms with E-state index in [9.17, 15) is 0 Å². The van der Waals surface area contributed by atoms with Gasteiger partial charge in [-0.3, -0.25) is 0 Å². The third-order valence-corrected chi connectivity index (χ3v) is 1.50. The molecule has 0 saturated heterocycles. The third-order valence-electron chi connectivity index (χ3n) is 1.50. The van der Waals surface area contributed by atoms with Crippen molar-refractivity contribution in [1.82, 2.24) is 0 Å². The molecule has 0 heterocycles. The summed E-state index contributed by atoms with van der Waals surface area (Å²) >= 11 is 0. The molecule has 0 amide bonds. The van der Waals surface area contributed by atoms with Gasteiger partial charge in [0.1, 0.15) is 0 Å². The van der Waals surface area contributed by atoms with Gasteiger partial charge in [-0.2, -0.15) is 18.2 Å². The summed E-state index contributed by atoms with van der Waals surface area (Å²) in [4.78, 5) is 0. The molecular formula is C11H13Fe+. The summed E-state index contributed by atoms with van der Waals surface area (Å²) in [5, 5.41) is 0. The zero-order chi connectivity index (χ0) is 7.94. The van der Waals surface area contributed by atoms with Crippen LogP contribution < -0.4 is 0 Å². The van der Waals surface area contributed by atoms with E-state index < -0.39 is 0 Å². The SMILES string of the molecule is CC1C=CC=C1.[Fe+2].c1cc[cH-]c1. The zero-order valence-corrected chi connectivity index (χ0v) is 8.23. The van der Waals surface area contributed by atoms with Gasteiger partial charge in [0, 0.05) is 0 Å². The Labute approximate surface area is 84.8 Å². The van der Waals surface area contributed by atoms with Crippen molar-refractivity contribution >= 4 is 0 Å². The molecule has 2 rings (SSSR count). The van der Waals surface area contributed by atoms with E-state index in [1.807, 2.05) is 30.3 Å². The Morgan fingerprint density at radius 1 is 1.00 bits per heavy atom. The summed E-state index contributed by atoms with van der Waals surface area (Å²) in [5.74, 6) is 0.685. The average molecular weight is 201 g/mol.